The zero-order valence-electron chi connectivity index (χ0n) is 14.3. The van der Waals surface area contributed by atoms with Crippen LogP contribution >= 0.6 is 11.8 Å². The van der Waals surface area contributed by atoms with Crippen LogP contribution in [0.25, 0.3) is 0 Å². The Hall–Kier alpha value is -1.47. The van der Waals surface area contributed by atoms with Gasteiger partial charge in [-0.15, -0.1) is 11.8 Å². The molecule has 1 aliphatic heterocycles. The van der Waals surface area contributed by atoms with Crippen LogP contribution in [-0.4, -0.2) is 39.9 Å². The Morgan fingerprint density at radius 2 is 2.13 bits per heavy atom. The van der Waals surface area contributed by atoms with Gasteiger partial charge in [0.25, 0.3) is 0 Å². The van der Waals surface area contributed by atoms with Gasteiger partial charge in [0.15, 0.2) is 0 Å². The minimum Gasteiger partial charge on any atom is -0.505 e. The lowest BCUT2D eigenvalue weighted by Gasteiger charge is -2.31. The summed E-state index contributed by atoms with van der Waals surface area (Å²) in [5, 5.41) is 0. The van der Waals surface area contributed by atoms with Gasteiger partial charge in [0.05, 0.1) is 13.4 Å². The fourth-order valence-electron chi connectivity index (χ4n) is 2.69. The van der Waals surface area contributed by atoms with E-state index in [1.54, 1.807) is 35.9 Å². The molecule has 1 saturated heterocycles. The molecule has 2 rings (SSSR count). The van der Waals surface area contributed by atoms with Gasteiger partial charge in [-0.2, -0.15) is 4.98 Å². The predicted octanol–water partition coefficient (Wildman–Crippen LogP) is 2.61. The first-order valence-corrected chi connectivity index (χ1v) is 8.83. The average molecular weight is 339 g/mol. The molecule has 1 aromatic heterocycles. The number of aromatic nitrogens is 2. The standard InChI is InChI=1S/C16H25N3O3S/c1-11(2)19(12(3)4)13-6-8-18(16(20)17-13)14-10-23-15(22-14)7-9-21-5/h6-9,11-12,14-15H,10H2,1-5H3/b9-7+. The third-order valence-electron chi connectivity index (χ3n) is 3.57. The first kappa shape index (κ1) is 17.9. The van der Waals surface area contributed by atoms with Crippen molar-refractivity contribution in [1.82, 2.24) is 9.55 Å². The quantitative estimate of drug-likeness (QED) is 0.743. The topological polar surface area (TPSA) is 56.6 Å². The molecular formula is C16H25N3O3S. The molecule has 0 aromatic carbocycles. The third kappa shape index (κ3) is 4.29. The second-order valence-electron chi connectivity index (χ2n) is 5.93. The Morgan fingerprint density at radius 3 is 2.70 bits per heavy atom. The van der Waals surface area contributed by atoms with Crippen LogP contribution in [0.2, 0.25) is 0 Å². The molecule has 0 spiro atoms. The third-order valence-corrected chi connectivity index (χ3v) is 4.64. The molecule has 1 aromatic rings. The summed E-state index contributed by atoms with van der Waals surface area (Å²) in [6.07, 6.45) is 4.90. The monoisotopic (exact) mass is 339 g/mol. The van der Waals surface area contributed by atoms with Gasteiger partial charge in [-0.25, -0.2) is 4.79 Å². The summed E-state index contributed by atoms with van der Waals surface area (Å²) < 4.78 is 12.3. The van der Waals surface area contributed by atoms with E-state index in [4.69, 9.17) is 9.47 Å². The molecule has 0 bridgehead atoms. The zero-order valence-corrected chi connectivity index (χ0v) is 15.1. The van der Waals surface area contributed by atoms with E-state index in [-0.39, 0.29) is 29.4 Å². The number of hydrogen-bond acceptors (Lipinski definition) is 6. The summed E-state index contributed by atoms with van der Waals surface area (Å²) in [6.45, 7) is 8.38. The van der Waals surface area contributed by atoms with Crippen molar-refractivity contribution >= 4 is 17.6 Å². The van der Waals surface area contributed by atoms with E-state index >= 15 is 0 Å². The van der Waals surface area contributed by atoms with Crippen molar-refractivity contribution in [3.63, 3.8) is 0 Å². The Balaban J connectivity index is 2.17. The first-order chi connectivity index (χ1) is 10.9. The number of methoxy groups -OCH3 is 1. The van der Waals surface area contributed by atoms with Crippen molar-refractivity contribution in [2.75, 3.05) is 17.8 Å². The predicted molar refractivity (Wildman–Crippen MR) is 93.8 cm³/mol. The molecule has 2 heterocycles. The van der Waals surface area contributed by atoms with Crippen LogP contribution in [-0.2, 0) is 9.47 Å². The van der Waals surface area contributed by atoms with Crippen LogP contribution in [0.3, 0.4) is 0 Å². The number of rotatable bonds is 6. The van der Waals surface area contributed by atoms with Gasteiger partial charge in [-0.3, -0.25) is 4.57 Å². The Kier molecular flexibility index (Phi) is 6.12. The second-order valence-corrected chi connectivity index (χ2v) is 7.06. The van der Waals surface area contributed by atoms with Crippen molar-refractivity contribution in [1.29, 1.82) is 0 Å². The second kappa shape index (κ2) is 7.88. The van der Waals surface area contributed by atoms with E-state index in [2.05, 4.69) is 37.6 Å². The summed E-state index contributed by atoms with van der Waals surface area (Å²) in [7, 11) is 1.59. The van der Waals surface area contributed by atoms with Crippen LogP contribution in [0, 0.1) is 0 Å². The lowest BCUT2D eigenvalue weighted by molar-refractivity contribution is 0.0337. The molecule has 6 nitrogen and oxygen atoms in total. The van der Waals surface area contributed by atoms with Gasteiger partial charge in [-0.1, -0.05) is 0 Å². The van der Waals surface area contributed by atoms with Gasteiger partial charge in [0.2, 0.25) is 0 Å². The zero-order chi connectivity index (χ0) is 17.0. The summed E-state index contributed by atoms with van der Waals surface area (Å²) in [4.78, 5) is 18.8. The molecule has 1 fully saturated rings. The molecule has 0 N–H and O–H groups in total. The molecule has 1 aliphatic rings. The minimum atomic E-state index is -0.299. The van der Waals surface area contributed by atoms with E-state index in [0.717, 1.165) is 0 Å². The molecule has 2 unspecified atom stereocenters. The fourth-order valence-corrected chi connectivity index (χ4v) is 3.67. The van der Waals surface area contributed by atoms with Crippen LogP contribution in [0.4, 0.5) is 5.82 Å². The summed E-state index contributed by atoms with van der Waals surface area (Å²) in [5.74, 6) is 1.41. The number of thioether (sulfide) groups is 1. The highest BCUT2D eigenvalue weighted by Gasteiger charge is 2.27. The smallest absolute Gasteiger partial charge is 0.351 e. The van der Waals surface area contributed by atoms with Crippen molar-refractivity contribution < 1.29 is 9.47 Å². The molecule has 128 valence electrons. The molecule has 0 aliphatic carbocycles. The maximum absolute atomic E-state index is 12.4. The molecule has 0 saturated carbocycles. The van der Waals surface area contributed by atoms with E-state index < -0.39 is 0 Å². The lowest BCUT2D eigenvalue weighted by Crippen LogP contribution is -2.39. The summed E-state index contributed by atoms with van der Waals surface area (Å²) >= 11 is 1.63. The average Bonchev–Trinajstić information content (AvgIpc) is 2.93. The van der Waals surface area contributed by atoms with Crippen molar-refractivity contribution in [2.45, 2.75) is 51.4 Å². The van der Waals surface area contributed by atoms with Gasteiger partial charge in [0, 0.05) is 24.0 Å². The Labute approximate surface area is 141 Å². The molecule has 0 radical (unpaired) electrons. The van der Waals surface area contributed by atoms with Gasteiger partial charge >= 0.3 is 5.69 Å². The molecule has 2 atom stereocenters. The summed E-state index contributed by atoms with van der Waals surface area (Å²) in [5.41, 5.74) is -0.384. The highest BCUT2D eigenvalue weighted by Crippen LogP contribution is 2.31. The van der Waals surface area contributed by atoms with Crippen molar-refractivity contribution in [3.8, 4) is 0 Å². The highest BCUT2D eigenvalue weighted by molar-refractivity contribution is 8.00. The maximum atomic E-state index is 12.4. The van der Waals surface area contributed by atoms with E-state index in [9.17, 15) is 4.79 Å². The highest BCUT2D eigenvalue weighted by atomic mass is 32.2. The normalized spacial score (nSPS) is 21.5. The first-order valence-electron chi connectivity index (χ1n) is 7.78. The van der Waals surface area contributed by atoms with Crippen molar-refractivity contribution in [3.05, 3.63) is 35.1 Å². The SMILES string of the molecule is CO/C=C/C1OC(n2ccc(N(C(C)C)C(C)C)nc2=O)CS1. The van der Waals surface area contributed by atoms with Crippen LogP contribution in [0.1, 0.15) is 33.9 Å². The van der Waals surface area contributed by atoms with Crippen molar-refractivity contribution in [2.24, 2.45) is 0 Å². The Morgan fingerprint density at radius 1 is 1.43 bits per heavy atom. The number of anilines is 1. The fraction of sp³-hybridized carbons (Fsp3) is 0.625. The molecular weight excluding hydrogens is 314 g/mol. The number of ether oxygens (including phenoxy) is 2. The van der Waals surface area contributed by atoms with E-state index in [1.807, 2.05) is 12.1 Å². The maximum Gasteiger partial charge on any atom is 0.351 e. The summed E-state index contributed by atoms with van der Waals surface area (Å²) in [6, 6.07) is 2.44. The van der Waals surface area contributed by atoms with Gasteiger partial charge in [-0.05, 0) is 39.8 Å². The molecule has 7 heteroatoms. The van der Waals surface area contributed by atoms with E-state index in [0.29, 0.717) is 11.6 Å². The largest absolute Gasteiger partial charge is 0.505 e. The van der Waals surface area contributed by atoms with Gasteiger partial charge < -0.3 is 14.4 Å². The van der Waals surface area contributed by atoms with Crippen LogP contribution < -0.4 is 10.6 Å². The lowest BCUT2D eigenvalue weighted by atomic mass is 10.2. The van der Waals surface area contributed by atoms with Crippen LogP contribution in [0.5, 0.6) is 0 Å². The Bertz CT molecular complexity index is 592. The number of hydrogen-bond donors (Lipinski definition) is 0. The van der Waals surface area contributed by atoms with Crippen LogP contribution in [0.15, 0.2) is 29.4 Å². The van der Waals surface area contributed by atoms with E-state index in [1.165, 1.54) is 0 Å². The minimum absolute atomic E-state index is 0.102. The van der Waals surface area contributed by atoms with Gasteiger partial charge in [0.1, 0.15) is 17.5 Å². The number of nitrogens with zero attached hydrogens (tertiary/aromatic N) is 3. The molecule has 23 heavy (non-hydrogen) atoms. The molecule has 0 amide bonds.